The lowest BCUT2D eigenvalue weighted by molar-refractivity contribution is -0.134. The topological polar surface area (TPSA) is 303 Å². The van der Waals surface area contributed by atoms with Crippen molar-refractivity contribution >= 4 is 67.9 Å². The highest BCUT2D eigenvalue weighted by molar-refractivity contribution is 8.76. The van der Waals surface area contributed by atoms with Gasteiger partial charge in [-0.1, -0.05) is 100 Å². The Balaban J connectivity index is 1.54. The molecular weight excluding hydrogens is 935 g/mol. The van der Waals surface area contributed by atoms with Gasteiger partial charge in [-0.15, -0.1) is 0 Å². The van der Waals surface area contributed by atoms with Crippen LogP contribution in [0.4, 0.5) is 0 Å². The van der Waals surface area contributed by atoms with Crippen LogP contribution in [0.15, 0.2) is 91.1 Å². The maximum atomic E-state index is 14.7. The Morgan fingerprint density at radius 3 is 2.00 bits per heavy atom. The fourth-order valence-electron chi connectivity index (χ4n) is 8.04. The van der Waals surface area contributed by atoms with Gasteiger partial charge in [0.25, 0.3) is 0 Å². The number of para-hydroxylation sites is 1. The molecule has 18 nitrogen and oxygen atoms in total. The lowest BCUT2D eigenvalue weighted by Crippen LogP contribution is -2.60. The standard InChI is InChI=1S/C50H69N9O9S2/c1-30(61)38-21-20-34(45(63)58-43(27-60)31(2)62)28-69-70-29-44(59-46(64)37(52)23-32-13-5-3-6-14-32)50(68)56-41(24-33-15-7-4-8-16-33)48(66)57-42(25-35-26-53-39-18-10-9-17-36(35)39)49(67)55-40(47(65)54-38)19-11-12-22-51/h3-10,13-18,26,30-31,34,37-38,40-44,53,60-62H,11-12,19-25,27-29,51-52H2,1-2H3,(H,54,65)(H,55,67)(H,56,68)(H,57,66)(H,58,63)(H,59,64). The first-order chi connectivity index (χ1) is 33.7. The maximum absolute atomic E-state index is 14.7. The average molecular weight is 1000 g/mol. The van der Waals surface area contributed by atoms with Crippen molar-refractivity contribution in [1.82, 2.24) is 36.9 Å². The van der Waals surface area contributed by atoms with Crippen LogP contribution in [0.3, 0.4) is 0 Å². The quantitative estimate of drug-likeness (QED) is 0.0522. The molecular formula is C50H69N9O9S2. The number of hydrogen-bond acceptors (Lipinski definition) is 13. The number of unbranched alkanes of at least 4 members (excludes halogenated alkanes) is 1. The van der Waals surface area contributed by atoms with Crippen LogP contribution >= 0.6 is 21.6 Å². The molecule has 0 aliphatic carbocycles. The number of nitrogens with two attached hydrogens (primary N) is 2. The fraction of sp³-hybridized carbons (Fsp3) is 0.480. The number of benzene rings is 3. The Bertz CT molecular complexity index is 2310. The van der Waals surface area contributed by atoms with E-state index in [4.69, 9.17) is 11.5 Å². The summed E-state index contributed by atoms with van der Waals surface area (Å²) < 4.78 is 0. The minimum Gasteiger partial charge on any atom is -0.394 e. The number of fused-ring (bicyclic) bond motifs is 1. The molecule has 6 amide bonds. The zero-order chi connectivity index (χ0) is 50.6. The summed E-state index contributed by atoms with van der Waals surface area (Å²) in [5.74, 6) is -4.48. The summed E-state index contributed by atoms with van der Waals surface area (Å²) in [6, 6.07) is 17.8. The number of H-pyrrole nitrogens is 1. The van der Waals surface area contributed by atoms with E-state index in [1.54, 1.807) is 30.5 Å². The third kappa shape index (κ3) is 17.1. The zero-order valence-corrected chi connectivity index (χ0v) is 41.3. The smallest absolute Gasteiger partial charge is 0.244 e. The molecule has 70 heavy (non-hydrogen) atoms. The number of nitrogens with one attached hydrogen (secondary N) is 7. The van der Waals surface area contributed by atoms with Gasteiger partial charge in [0.15, 0.2) is 0 Å². The molecule has 10 atom stereocenters. The largest absolute Gasteiger partial charge is 0.394 e. The van der Waals surface area contributed by atoms with E-state index in [0.717, 1.165) is 16.5 Å². The minimum atomic E-state index is -1.27. The summed E-state index contributed by atoms with van der Waals surface area (Å²) in [5.41, 5.74) is 15.2. The molecule has 1 aliphatic heterocycles. The van der Waals surface area contributed by atoms with Crippen molar-refractivity contribution in [1.29, 1.82) is 0 Å². The van der Waals surface area contributed by atoms with Crippen LogP contribution in [0.1, 0.15) is 62.6 Å². The Morgan fingerprint density at radius 1 is 0.743 bits per heavy atom. The van der Waals surface area contributed by atoms with E-state index in [-0.39, 0.29) is 50.0 Å². The van der Waals surface area contributed by atoms with Gasteiger partial charge >= 0.3 is 0 Å². The molecule has 10 unspecified atom stereocenters. The summed E-state index contributed by atoms with van der Waals surface area (Å²) in [4.78, 5) is 88.9. The highest BCUT2D eigenvalue weighted by Gasteiger charge is 2.35. The number of amides is 6. The second-order valence-electron chi connectivity index (χ2n) is 17.8. The van der Waals surface area contributed by atoms with Crippen LogP contribution < -0.4 is 43.4 Å². The predicted molar refractivity (Wildman–Crippen MR) is 273 cm³/mol. The lowest BCUT2D eigenvalue weighted by atomic mass is 9.96. The zero-order valence-electron chi connectivity index (χ0n) is 39.7. The first kappa shape index (κ1) is 55.4. The van der Waals surface area contributed by atoms with Gasteiger partial charge in [-0.25, -0.2) is 0 Å². The SMILES string of the molecule is CC(O)C(CO)NC(=O)C1CCC(C(C)O)NC(=O)C(CCCCN)NC(=O)C(Cc2c[nH]c3ccccc23)NC(=O)C(Cc2ccccc2)NC(=O)C(NC(=O)C(N)Cc2ccccc2)CSSC1. The molecule has 2 heterocycles. The second-order valence-corrected chi connectivity index (χ2v) is 20.4. The molecule has 20 heteroatoms. The number of rotatable bonds is 17. The summed E-state index contributed by atoms with van der Waals surface area (Å²) in [5, 5.41) is 49.0. The van der Waals surface area contributed by atoms with E-state index >= 15 is 0 Å². The summed E-state index contributed by atoms with van der Waals surface area (Å²) in [6.45, 7) is 2.75. The lowest BCUT2D eigenvalue weighted by Gasteiger charge is -2.29. The van der Waals surface area contributed by atoms with Crippen molar-refractivity contribution in [3.8, 4) is 0 Å². The van der Waals surface area contributed by atoms with Gasteiger partial charge in [0.2, 0.25) is 35.4 Å². The molecule has 4 aromatic rings. The Labute approximate surface area is 416 Å². The van der Waals surface area contributed by atoms with Crippen LogP contribution in [0, 0.1) is 5.92 Å². The van der Waals surface area contributed by atoms with Crippen LogP contribution in [0.25, 0.3) is 10.9 Å². The van der Waals surface area contributed by atoms with Crippen molar-refractivity contribution in [3.63, 3.8) is 0 Å². The summed E-state index contributed by atoms with van der Waals surface area (Å²) >= 11 is 0. The van der Waals surface area contributed by atoms with Gasteiger partial charge in [-0.05, 0) is 81.7 Å². The van der Waals surface area contributed by atoms with Crippen molar-refractivity contribution in [2.45, 2.75) is 120 Å². The first-order valence-electron chi connectivity index (χ1n) is 23.8. The van der Waals surface area contributed by atoms with Gasteiger partial charge in [-0.3, -0.25) is 28.8 Å². The monoisotopic (exact) mass is 1000 g/mol. The van der Waals surface area contributed by atoms with Gasteiger partial charge < -0.3 is 63.7 Å². The molecule has 1 fully saturated rings. The summed E-state index contributed by atoms with van der Waals surface area (Å²) in [7, 11) is 2.42. The van der Waals surface area contributed by atoms with E-state index in [1.807, 2.05) is 60.7 Å². The maximum Gasteiger partial charge on any atom is 0.244 e. The van der Waals surface area contributed by atoms with Gasteiger partial charge in [0.05, 0.1) is 36.9 Å². The molecule has 1 aliphatic rings. The van der Waals surface area contributed by atoms with Crippen molar-refractivity contribution < 1.29 is 44.1 Å². The van der Waals surface area contributed by atoms with Crippen molar-refractivity contribution in [2.75, 3.05) is 24.7 Å². The molecule has 3 aromatic carbocycles. The number of aromatic amines is 1. The molecule has 0 bridgehead atoms. The molecule has 1 saturated heterocycles. The third-order valence-electron chi connectivity index (χ3n) is 12.3. The molecule has 14 N–H and O–H groups in total. The van der Waals surface area contributed by atoms with Crippen LogP contribution in [-0.4, -0.2) is 135 Å². The fourth-order valence-corrected chi connectivity index (χ4v) is 10.6. The number of aliphatic hydroxyl groups is 3. The number of carbonyl (C=O) groups excluding carboxylic acids is 6. The first-order valence-corrected chi connectivity index (χ1v) is 26.3. The molecule has 0 radical (unpaired) electrons. The predicted octanol–water partition coefficient (Wildman–Crippen LogP) is 1.11. The van der Waals surface area contributed by atoms with Crippen LogP contribution in [-0.2, 0) is 48.0 Å². The third-order valence-corrected chi connectivity index (χ3v) is 14.8. The van der Waals surface area contributed by atoms with Gasteiger partial charge in [0.1, 0.15) is 24.2 Å². The van der Waals surface area contributed by atoms with Crippen LogP contribution in [0.2, 0.25) is 0 Å². The molecule has 0 saturated carbocycles. The highest BCUT2D eigenvalue weighted by atomic mass is 33.1. The molecule has 0 spiro atoms. The Morgan fingerprint density at radius 2 is 1.34 bits per heavy atom. The van der Waals surface area contributed by atoms with Gasteiger partial charge in [0, 0.05) is 47.4 Å². The van der Waals surface area contributed by atoms with Gasteiger partial charge in [-0.2, -0.15) is 0 Å². The van der Waals surface area contributed by atoms with E-state index in [0.29, 0.717) is 30.5 Å². The molecule has 5 rings (SSSR count). The Hall–Kier alpha value is -5.48. The minimum absolute atomic E-state index is 0.00114. The van der Waals surface area contributed by atoms with E-state index < -0.39 is 102 Å². The number of hydrogen-bond donors (Lipinski definition) is 12. The van der Waals surface area contributed by atoms with E-state index in [1.165, 1.54) is 35.4 Å². The normalized spacial score (nSPS) is 23.1. The highest BCUT2D eigenvalue weighted by Crippen LogP contribution is 2.28. The molecule has 1 aromatic heterocycles. The van der Waals surface area contributed by atoms with Crippen molar-refractivity contribution in [3.05, 3.63) is 108 Å². The average Bonchev–Trinajstić information content (AvgIpc) is 3.76. The molecule has 380 valence electrons. The number of aromatic nitrogens is 1. The number of carbonyl (C=O) groups is 6. The number of aliphatic hydroxyl groups excluding tert-OH is 3. The van der Waals surface area contributed by atoms with E-state index in [2.05, 4.69) is 36.9 Å². The van der Waals surface area contributed by atoms with Crippen LogP contribution in [0.5, 0.6) is 0 Å². The second kappa shape index (κ2) is 28.4. The Kier molecular flexibility index (Phi) is 22.5. The van der Waals surface area contributed by atoms with Crippen molar-refractivity contribution in [2.24, 2.45) is 17.4 Å². The van der Waals surface area contributed by atoms with E-state index in [9.17, 15) is 44.1 Å². The summed E-state index contributed by atoms with van der Waals surface area (Å²) in [6.07, 6.45) is 1.16.